The Morgan fingerprint density at radius 1 is 1.03 bits per heavy atom. The van der Waals surface area contributed by atoms with Gasteiger partial charge < -0.3 is 17.7 Å². The molecule has 3 aliphatic rings. The van der Waals surface area contributed by atoms with Crippen molar-refractivity contribution in [3.8, 4) is 0 Å². The number of aromatic nitrogens is 2. The number of hydrogen-bond acceptors (Lipinski definition) is 7. The summed E-state index contributed by atoms with van der Waals surface area (Å²) in [4.78, 5) is 26.6. The van der Waals surface area contributed by atoms with Crippen molar-refractivity contribution < 1.29 is 17.7 Å². The lowest BCUT2D eigenvalue weighted by Crippen LogP contribution is -2.67. The summed E-state index contributed by atoms with van der Waals surface area (Å²) in [6, 6.07) is 1.36. The average Bonchev–Trinajstić information content (AvgIpc) is 3.18. The lowest BCUT2D eigenvalue weighted by molar-refractivity contribution is -0.121. The molecule has 4 rings (SSSR count). The molecule has 2 bridgehead atoms. The van der Waals surface area contributed by atoms with Crippen molar-refractivity contribution in [2.75, 3.05) is 12.4 Å². The predicted octanol–water partition coefficient (Wildman–Crippen LogP) is 3.88. The molecule has 0 aromatic carbocycles. The third-order valence-corrected chi connectivity index (χ3v) is 19.2. The van der Waals surface area contributed by atoms with Crippen molar-refractivity contribution in [3.63, 3.8) is 0 Å². The van der Waals surface area contributed by atoms with Gasteiger partial charge in [0.25, 0.3) is 5.56 Å². The van der Waals surface area contributed by atoms with Crippen LogP contribution in [0.1, 0.15) is 61.6 Å². The van der Waals surface area contributed by atoms with Crippen molar-refractivity contribution in [3.05, 3.63) is 33.1 Å². The number of hydrogen-bond donors (Lipinski definition) is 1. The zero-order valence-electron chi connectivity index (χ0n) is 20.9. The Morgan fingerprint density at radius 2 is 1.64 bits per heavy atom. The molecular formula is C22H38N2O6SSi2. The maximum absolute atomic E-state index is 12.6. The van der Waals surface area contributed by atoms with Crippen LogP contribution in [0.25, 0.3) is 0 Å². The van der Waals surface area contributed by atoms with Gasteiger partial charge in [0.1, 0.15) is 5.60 Å². The van der Waals surface area contributed by atoms with E-state index < -0.39 is 40.2 Å². The van der Waals surface area contributed by atoms with Gasteiger partial charge in [-0.3, -0.25) is 14.3 Å². The monoisotopic (exact) mass is 514 g/mol. The number of H-pyrrole nitrogens is 1. The first-order valence-electron chi connectivity index (χ1n) is 12.0. The number of ether oxygens (including phenoxy) is 1. The maximum Gasteiger partial charge on any atom is 0.335 e. The van der Waals surface area contributed by atoms with E-state index in [9.17, 15) is 9.59 Å². The van der Waals surface area contributed by atoms with E-state index in [1.807, 2.05) is 0 Å². The summed E-state index contributed by atoms with van der Waals surface area (Å²) in [5.41, 5.74) is -0.584. The van der Waals surface area contributed by atoms with Crippen LogP contribution in [-0.4, -0.2) is 56.0 Å². The molecule has 0 spiro atoms. The van der Waals surface area contributed by atoms with E-state index in [0.29, 0.717) is 6.61 Å². The summed E-state index contributed by atoms with van der Waals surface area (Å²) in [5, 5.41) is -0.0857. The molecule has 4 heterocycles. The summed E-state index contributed by atoms with van der Waals surface area (Å²) < 4.78 is 29.5. The minimum atomic E-state index is -2.77. The lowest BCUT2D eigenvalue weighted by Gasteiger charge is -2.52. The van der Waals surface area contributed by atoms with Crippen LogP contribution in [0.4, 0.5) is 0 Å². The van der Waals surface area contributed by atoms with Crippen LogP contribution in [-0.2, 0) is 17.7 Å². The van der Waals surface area contributed by atoms with Gasteiger partial charge in [0, 0.05) is 18.0 Å². The second-order valence-corrected chi connectivity index (χ2v) is 20.9. The van der Waals surface area contributed by atoms with Gasteiger partial charge in [-0.05, 0) is 22.2 Å². The van der Waals surface area contributed by atoms with E-state index in [1.165, 1.54) is 16.8 Å². The highest BCUT2D eigenvalue weighted by Gasteiger charge is 2.69. The molecule has 4 atom stereocenters. The van der Waals surface area contributed by atoms with Gasteiger partial charge in [0.05, 0.1) is 18.0 Å². The van der Waals surface area contributed by atoms with Crippen LogP contribution in [0.5, 0.6) is 0 Å². The molecule has 1 aromatic rings. The number of nitrogens with zero attached hydrogens (tertiary/aromatic N) is 1. The van der Waals surface area contributed by atoms with Crippen LogP contribution >= 0.6 is 11.8 Å². The Kier molecular flexibility index (Phi) is 6.74. The fraction of sp³-hybridized carbons (Fsp3) is 0.818. The molecular weight excluding hydrogens is 476 g/mol. The summed E-state index contributed by atoms with van der Waals surface area (Å²) in [7, 11) is -5.44. The molecule has 0 unspecified atom stereocenters. The Labute approximate surface area is 202 Å². The molecule has 33 heavy (non-hydrogen) atoms. The highest BCUT2D eigenvalue weighted by molar-refractivity contribution is 8.00. The fourth-order valence-electron chi connectivity index (χ4n) is 5.67. The van der Waals surface area contributed by atoms with Crippen LogP contribution in [0.15, 0.2) is 21.9 Å². The smallest absolute Gasteiger partial charge is 0.335 e. The minimum absolute atomic E-state index is 0.0857. The Bertz CT molecular complexity index is 980. The first-order chi connectivity index (χ1) is 15.4. The van der Waals surface area contributed by atoms with E-state index in [0.717, 1.165) is 5.75 Å². The Balaban J connectivity index is 1.83. The van der Waals surface area contributed by atoms with Gasteiger partial charge >= 0.3 is 22.8 Å². The molecule has 8 nitrogen and oxygen atoms in total. The van der Waals surface area contributed by atoms with Gasteiger partial charge in [0.15, 0.2) is 6.23 Å². The highest BCUT2D eigenvalue weighted by Crippen LogP contribution is 2.57. The van der Waals surface area contributed by atoms with Crippen LogP contribution in [0.3, 0.4) is 0 Å². The van der Waals surface area contributed by atoms with Crippen molar-refractivity contribution >= 4 is 28.9 Å². The Morgan fingerprint density at radius 3 is 2.18 bits per heavy atom. The van der Waals surface area contributed by atoms with Gasteiger partial charge in [-0.15, -0.1) is 11.8 Å². The summed E-state index contributed by atoms with van der Waals surface area (Å²) in [5.74, 6) is 0.748. The second kappa shape index (κ2) is 8.75. The molecule has 3 aliphatic heterocycles. The molecule has 0 amide bonds. The molecule has 0 aliphatic carbocycles. The number of aromatic amines is 1. The third kappa shape index (κ3) is 3.87. The lowest BCUT2D eigenvalue weighted by atomic mass is 10.0. The van der Waals surface area contributed by atoms with Crippen molar-refractivity contribution in [1.29, 1.82) is 0 Å². The molecule has 3 saturated heterocycles. The zero-order valence-corrected chi connectivity index (χ0v) is 23.7. The molecule has 1 N–H and O–H groups in total. The van der Waals surface area contributed by atoms with Gasteiger partial charge in [-0.2, -0.15) is 0 Å². The highest BCUT2D eigenvalue weighted by atomic mass is 32.2. The first-order valence-corrected chi connectivity index (χ1v) is 17.0. The van der Waals surface area contributed by atoms with E-state index in [1.54, 1.807) is 11.8 Å². The zero-order chi connectivity index (χ0) is 24.3. The van der Waals surface area contributed by atoms with Crippen LogP contribution < -0.4 is 11.2 Å². The standard InChI is InChI=1S/C22H38N2O6SSi2/c1-13(2)32(14(3)4)27-11-22-12-31-18(19(22)29-33(30-32,15(5)6)16(7)8)20(28-22)24-10-9-17(25)23-21(24)26/h9-10,13-16,18-20H,11-12H2,1-8H3,(H,23,25,26)/t18-,19-,20+,22+/m0/s1. The molecule has 11 heteroatoms. The minimum Gasteiger partial charge on any atom is -0.414 e. The first kappa shape index (κ1) is 25.4. The van der Waals surface area contributed by atoms with Gasteiger partial charge in [0.2, 0.25) is 0 Å². The van der Waals surface area contributed by atoms with Gasteiger partial charge in [-0.1, -0.05) is 55.4 Å². The van der Waals surface area contributed by atoms with E-state index in [2.05, 4.69) is 60.4 Å². The quantitative estimate of drug-likeness (QED) is 0.596. The van der Waals surface area contributed by atoms with E-state index in [4.69, 9.17) is 17.7 Å². The molecule has 1 aromatic heterocycles. The summed E-state index contributed by atoms with van der Waals surface area (Å²) in [6.45, 7) is 18.0. The third-order valence-electron chi connectivity index (χ3n) is 7.49. The van der Waals surface area contributed by atoms with Crippen molar-refractivity contribution in [2.24, 2.45) is 0 Å². The molecule has 3 fully saturated rings. The molecule has 0 radical (unpaired) electrons. The average molecular weight is 515 g/mol. The molecule has 0 saturated carbocycles. The summed E-state index contributed by atoms with van der Waals surface area (Å²) in [6.07, 6.45) is 0.750. The normalized spacial score (nSPS) is 33.0. The molecule has 186 valence electrons. The number of rotatable bonds is 5. The number of nitrogens with one attached hydrogen (secondary N) is 1. The van der Waals surface area contributed by atoms with Crippen LogP contribution in [0, 0.1) is 0 Å². The second-order valence-electron chi connectivity index (χ2n) is 10.9. The van der Waals surface area contributed by atoms with Crippen LogP contribution in [0.2, 0.25) is 22.2 Å². The predicted molar refractivity (Wildman–Crippen MR) is 134 cm³/mol. The summed E-state index contributed by atoms with van der Waals surface area (Å²) >= 11 is 1.76. The largest absolute Gasteiger partial charge is 0.414 e. The van der Waals surface area contributed by atoms with E-state index >= 15 is 0 Å². The maximum atomic E-state index is 12.6. The van der Waals surface area contributed by atoms with Crippen molar-refractivity contribution in [1.82, 2.24) is 9.55 Å². The SMILES string of the molecule is CC(C)[Si]1(C(C)C)OC[C@]23CS[C@H]([C@H](n4ccc(=O)[nH]c4=O)O2)[C@@H]3O[Si](C(C)C)(C(C)C)O1. The number of thioether (sulfide) groups is 1. The van der Waals surface area contributed by atoms with E-state index in [-0.39, 0.29) is 33.5 Å². The van der Waals surface area contributed by atoms with Crippen molar-refractivity contribution in [2.45, 2.75) is 101 Å². The van der Waals surface area contributed by atoms with Gasteiger partial charge in [-0.25, -0.2) is 4.79 Å². The Hall–Kier alpha value is -0.696. The topological polar surface area (TPSA) is 91.8 Å². The fourth-order valence-corrected chi connectivity index (χ4v) is 18.7.